The lowest BCUT2D eigenvalue weighted by molar-refractivity contribution is 0.717. The second-order valence-electron chi connectivity index (χ2n) is 4.43. The van der Waals surface area contributed by atoms with Crippen molar-refractivity contribution in [1.82, 2.24) is 24.8 Å². The molecule has 0 N–H and O–H groups in total. The highest BCUT2D eigenvalue weighted by atomic mass is 15.4. The molecule has 0 saturated carbocycles. The minimum absolute atomic E-state index is 0.275. The Kier molecular flexibility index (Phi) is 2.51. The maximum Gasteiger partial charge on any atom is 0.272 e. The standard InChI is InChI=1S/C13H13N5/c1-9(2)12-16-17-13-15-11(8-14-18(12)13)10-6-4-3-5-7-10/h3-9H,1-2H3. The second kappa shape index (κ2) is 4.18. The van der Waals surface area contributed by atoms with Gasteiger partial charge in [-0.25, -0.2) is 4.98 Å². The van der Waals surface area contributed by atoms with E-state index in [0.717, 1.165) is 17.1 Å². The Morgan fingerprint density at radius 1 is 1.06 bits per heavy atom. The smallest absolute Gasteiger partial charge is 0.208 e. The molecule has 0 fully saturated rings. The first-order chi connectivity index (χ1) is 8.75. The van der Waals surface area contributed by atoms with E-state index in [2.05, 4.69) is 34.1 Å². The van der Waals surface area contributed by atoms with Crippen molar-refractivity contribution in [2.75, 3.05) is 0 Å². The molecule has 3 rings (SSSR count). The fraction of sp³-hybridized carbons (Fsp3) is 0.231. The molecule has 0 amide bonds. The lowest BCUT2D eigenvalue weighted by Crippen LogP contribution is -2.02. The third kappa shape index (κ3) is 1.73. The van der Waals surface area contributed by atoms with Gasteiger partial charge in [0.25, 0.3) is 5.78 Å². The van der Waals surface area contributed by atoms with Crippen LogP contribution >= 0.6 is 0 Å². The van der Waals surface area contributed by atoms with E-state index >= 15 is 0 Å². The van der Waals surface area contributed by atoms with Crippen LogP contribution in [0, 0.1) is 0 Å². The van der Waals surface area contributed by atoms with E-state index in [1.165, 1.54) is 0 Å². The molecular weight excluding hydrogens is 226 g/mol. The summed E-state index contributed by atoms with van der Waals surface area (Å²) in [7, 11) is 0. The van der Waals surface area contributed by atoms with E-state index < -0.39 is 0 Å². The van der Waals surface area contributed by atoms with Crippen molar-refractivity contribution < 1.29 is 0 Å². The average molecular weight is 239 g/mol. The molecule has 0 atom stereocenters. The summed E-state index contributed by atoms with van der Waals surface area (Å²) < 4.78 is 1.69. The maximum atomic E-state index is 4.48. The molecule has 0 aliphatic rings. The number of nitrogens with zero attached hydrogens (tertiary/aromatic N) is 5. The van der Waals surface area contributed by atoms with Gasteiger partial charge < -0.3 is 0 Å². The third-order valence-corrected chi connectivity index (χ3v) is 2.75. The molecule has 3 aromatic rings. The Morgan fingerprint density at radius 3 is 2.56 bits per heavy atom. The number of hydrogen-bond donors (Lipinski definition) is 0. The predicted molar refractivity (Wildman–Crippen MR) is 68.1 cm³/mol. The van der Waals surface area contributed by atoms with Crippen LogP contribution in [0.2, 0.25) is 0 Å². The van der Waals surface area contributed by atoms with Crippen molar-refractivity contribution in [3.8, 4) is 11.3 Å². The zero-order valence-electron chi connectivity index (χ0n) is 10.3. The van der Waals surface area contributed by atoms with Crippen molar-refractivity contribution in [1.29, 1.82) is 0 Å². The van der Waals surface area contributed by atoms with Gasteiger partial charge in [-0.05, 0) is 0 Å². The monoisotopic (exact) mass is 239 g/mol. The molecule has 5 nitrogen and oxygen atoms in total. The molecule has 2 heterocycles. The summed E-state index contributed by atoms with van der Waals surface area (Å²) >= 11 is 0. The molecule has 0 spiro atoms. The third-order valence-electron chi connectivity index (χ3n) is 2.75. The molecule has 0 aliphatic heterocycles. The van der Waals surface area contributed by atoms with E-state index in [1.807, 2.05) is 30.3 Å². The quantitative estimate of drug-likeness (QED) is 0.688. The van der Waals surface area contributed by atoms with E-state index in [0.29, 0.717) is 5.78 Å². The molecule has 0 bridgehead atoms. The fourth-order valence-electron chi connectivity index (χ4n) is 1.82. The number of hydrogen-bond acceptors (Lipinski definition) is 4. The first-order valence-corrected chi connectivity index (χ1v) is 5.89. The SMILES string of the molecule is CC(C)c1nnc2nc(-c3ccccc3)cnn12. The van der Waals surface area contributed by atoms with Gasteiger partial charge in [-0.1, -0.05) is 44.2 Å². The van der Waals surface area contributed by atoms with E-state index in [9.17, 15) is 0 Å². The first kappa shape index (κ1) is 10.8. The van der Waals surface area contributed by atoms with E-state index in [-0.39, 0.29) is 5.92 Å². The topological polar surface area (TPSA) is 56.0 Å². The second-order valence-corrected chi connectivity index (χ2v) is 4.43. The summed E-state index contributed by atoms with van der Waals surface area (Å²) in [6.07, 6.45) is 1.75. The van der Waals surface area contributed by atoms with E-state index in [1.54, 1.807) is 10.7 Å². The molecule has 0 aliphatic carbocycles. The van der Waals surface area contributed by atoms with Crippen LogP contribution in [-0.4, -0.2) is 24.8 Å². The van der Waals surface area contributed by atoms with Crippen LogP contribution < -0.4 is 0 Å². The minimum atomic E-state index is 0.275. The summed E-state index contributed by atoms with van der Waals surface area (Å²) in [5, 5.41) is 12.6. The molecule has 90 valence electrons. The van der Waals surface area contributed by atoms with Gasteiger partial charge in [0.15, 0.2) is 5.82 Å². The zero-order chi connectivity index (χ0) is 12.5. The summed E-state index contributed by atoms with van der Waals surface area (Å²) in [4.78, 5) is 4.48. The van der Waals surface area contributed by atoms with Gasteiger partial charge in [0, 0.05) is 11.5 Å². The van der Waals surface area contributed by atoms with Crippen LogP contribution in [0.4, 0.5) is 0 Å². The molecule has 0 unspecified atom stereocenters. The number of aromatic nitrogens is 5. The van der Waals surface area contributed by atoms with Crippen LogP contribution in [0.15, 0.2) is 36.5 Å². The predicted octanol–water partition coefficient (Wildman–Crippen LogP) is 2.31. The molecule has 1 aromatic carbocycles. The van der Waals surface area contributed by atoms with Crippen molar-refractivity contribution in [2.24, 2.45) is 0 Å². The highest BCUT2D eigenvalue weighted by molar-refractivity contribution is 5.59. The van der Waals surface area contributed by atoms with Crippen LogP contribution in [-0.2, 0) is 0 Å². The lowest BCUT2D eigenvalue weighted by Gasteiger charge is -2.02. The maximum absolute atomic E-state index is 4.48. The van der Waals surface area contributed by atoms with Crippen LogP contribution in [0.5, 0.6) is 0 Å². The Balaban J connectivity index is 2.13. The Hall–Kier alpha value is -2.30. The normalized spacial score (nSPS) is 11.3. The summed E-state index contributed by atoms with van der Waals surface area (Å²) in [5.41, 5.74) is 1.84. The van der Waals surface area contributed by atoms with Gasteiger partial charge in [0.1, 0.15) is 0 Å². The van der Waals surface area contributed by atoms with Gasteiger partial charge in [-0.3, -0.25) is 0 Å². The van der Waals surface area contributed by atoms with Gasteiger partial charge >= 0.3 is 0 Å². The molecular formula is C13H13N5. The molecule has 18 heavy (non-hydrogen) atoms. The van der Waals surface area contributed by atoms with Crippen molar-refractivity contribution in [3.63, 3.8) is 0 Å². The van der Waals surface area contributed by atoms with Crippen LogP contribution in [0.3, 0.4) is 0 Å². The summed E-state index contributed by atoms with van der Waals surface area (Å²) in [6, 6.07) is 9.93. The molecule has 2 aromatic heterocycles. The summed E-state index contributed by atoms with van der Waals surface area (Å²) in [6.45, 7) is 4.12. The van der Waals surface area contributed by atoms with Crippen LogP contribution in [0.25, 0.3) is 17.0 Å². The zero-order valence-corrected chi connectivity index (χ0v) is 10.3. The Bertz CT molecular complexity index is 672. The van der Waals surface area contributed by atoms with Gasteiger partial charge in [0.05, 0.1) is 11.9 Å². The van der Waals surface area contributed by atoms with Crippen molar-refractivity contribution >= 4 is 5.78 Å². The summed E-state index contributed by atoms with van der Waals surface area (Å²) in [5.74, 6) is 1.65. The van der Waals surface area contributed by atoms with Gasteiger partial charge in [-0.15, -0.1) is 10.2 Å². The number of fused-ring (bicyclic) bond motifs is 1. The molecule has 0 radical (unpaired) electrons. The fourth-order valence-corrected chi connectivity index (χ4v) is 1.82. The minimum Gasteiger partial charge on any atom is -0.208 e. The van der Waals surface area contributed by atoms with Gasteiger partial charge in [-0.2, -0.15) is 9.61 Å². The van der Waals surface area contributed by atoms with Crippen molar-refractivity contribution in [2.45, 2.75) is 19.8 Å². The first-order valence-electron chi connectivity index (χ1n) is 5.89. The Morgan fingerprint density at radius 2 is 1.83 bits per heavy atom. The van der Waals surface area contributed by atoms with Gasteiger partial charge in [0.2, 0.25) is 0 Å². The van der Waals surface area contributed by atoms with Crippen molar-refractivity contribution in [3.05, 3.63) is 42.4 Å². The lowest BCUT2D eigenvalue weighted by atomic mass is 10.2. The number of rotatable bonds is 2. The highest BCUT2D eigenvalue weighted by Gasteiger charge is 2.12. The highest BCUT2D eigenvalue weighted by Crippen LogP contribution is 2.17. The van der Waals surface area contributed by atoms with Crippen LogP contribution in [0.1, 0.15) is 25.6 Å². The molecule has 5 heteroatoms. The molecule has 0 saturated heterocycles. The van der Waals surface area contributed by atoms with E-state index in [4.69, 9.17) is 0 Å². The number of benzene rings is 1. The average Bonchev–Trinajstić information content (AvgIpc) is 2.82. The largest absolute Gasteiger partial charge is 0.272 e. The Labute approximate surface area is 105 Å².